The summed E-state index contributed by atoms with van der Waals surface area (Å²) in [7, 11) is 0. The van der Waals surface area contributed by atoms with Crippen LogP contribution in [0.25, 0.3) is 6.08 Å². The molecule has 2 aliphatic rings. The summed E-state index contributed by atoms with van der Waals surface area (Å²) in [4.78, 5) is 24.5. The second-order valence-electron chi connectivity index (χ2n) is 6.98. The molecule has 0 N–H and O–H groups in total. The fourth-order valence-corrected chi connectivity index (χ4v) is 4.14. The fourth-order valence-electron chi connectivity index (χ4n) is 4.14. The Bertz CT molecular complexity index is 846. The lowest BCUT2D eigenvalue weighted by Gasteiger charge is -2.46. The number of rotatable bonds is 4. The molecule has 0 aromatic heterocycles. The van der Waals surface area contributed by atoms with Crippen molar-refractivity contribution in [2.24, 2.45) is 0 Å². The van der Waals surface area contributed by atoms with Crippen LogP contribution in [-0.4, -0.2) is 36.1 Å². The molecule has 0 saturated carbocycles. The highest BCUT2D eigenvalue weighted by atomic mass is 16.7. The maximum Gasteiger partial charge on any atom is 0.608 e. The summed E-state index contributed by atoms with van der Waals surface area (Å²) in [5, 5.41) is 0. The standard InChI is InChI=1S/C20H20BNO4/c1-16(18-10-6-3-7-11-18)22-14-19(23)25-21(22,26-20(24)15-22)13-12-17-8-4-2-5-9-17/h2-13,16H,14-15H2,1H3/b13-12+. The lowest BCUT2D eigenvalue weighted by atomic mass is 9.65. The van der Waals surface area contributed by atoms with E-state index >= 15 is 0 Å². The largest absolute Gasteiger partial charge is 0.608 e. The van der Waals surface area contributed by atoms with Gasteiger partial charge in [-0.25, -0.2) is 0 Å². The van der Waals surface area contributed by atoms with Crippen LogP contribution >= 0.6 is 0 Å². The van der Waals surface area contributed by atoms with Gasteiger partial charge in [0.05, 0.1) is 6.04 Å². The molecule has 0 bridgehead atoms. The SMILES string of the molecule is CC(c1ccccc1)[N+]12CC(=O)O[B-]1(/C=C/c1ccccc1)OC(=O)C2. The van der Waals surface area contributed by atoms with Gasteiger partial charge in [0, 0.05) is 5.56 Å². The predicted molar refractivity (Wildman–Crippen MR) is 98.3 cm³/mol. The highest BCUT2D eigenvalue weighted by Gasteiger charge is 2.67. The lowest BCUT2D eigenvalue weighted by Crippen LogP contribution is -2.62. The molecule has 2 aromatic rings. The van der Waals surface area contributed by atoms with E-state index in [1.165, 1.54) is 0 Å². The molecule has 2 saturated heterocycles. The molecule has 0 radical (unpaired) electrons. The van der Waals surface area contributed by atoms with Crippen LogP contribution in [0.4, 0.5) is 0 Å². The Kier molecular flexibility index (Phi) is 3.92. The van der Waals surface area contributed by atoms with E-state index in [9.17, 15) is 9.59 Å². The van der Waals surface area contributed by atoms with E-state index in [0.29, 0.717) is 0 Å². The normalized spacial score (nSPS) is 28.7. The molecule has 26 heavy (non-hydrogen) atoms. The smallest absolute Gasteiger partial charge is 0.596 e. The minimum absolute atomic E-state index is 0.116. The van der Waals surface area contributed by atoms with Crippen molar-refractivity contribution in [1.82, 2.24) is 0 Å². The topological polar surface area (TPSA) is 52.6 Å². The van der Waals surface area contributed by atoms with Crippen LogP contribution in [0, 0.1) is 0 Å². The van der Waals surface area contributed by atoms with Gasteiger partial charge in [0.2, 0.25) is 0 Å². The molecule has 132 valence electrons. The van der Waals surface area contributed by atoms with Gasteiger partial charge < -0.3 is 13.7 Å². The van der Waals surface area contributed by atoms with Crippen LogP contribution in [0.15, 0.2) is 66.6 Å². The number of carbonyl (C=O) groups is 2. The Labute approximate surface area is 152 Å². The van der Waals surface area contributed by atoms with Crippen LogP contribution in [-0.2, 0) is 18.9 Å². The van der Waals surface area contributed by atoms with Crippen molar-refractivity contribution in [3.63, 3.8) is 0 Å². The van der Waals surface area contributed by atoms with Gasteiger partial charge in [-0.2, -0.15) is 0 Å². The molecule has 2 heterocycles. The maximum absolute atomic E-state index is 12.3. The minimum atomic E-state index is -2.24. The first-order chi connectivity index (χ1) is 12.5. The van der Waals surface area contributed by atoms with E-state index in [4.69, 9.17) is 9.31 Å². The van der Waals surface area contributed by atoms with E-state index in [1.807, 2.05) is 73.7 Å². The van der Waals surface area contributed by atoms with Crippen LogP contribution in [0.3, 0.4) is 0 Å². The van der Waals surface area contributed by atoms with Gasteiger partial charge in [-0.1, -0.05) is 72.7 Å². The summed E-state index contributed by atoms with van der Waals surface area (Å²) >= 11 is 0. The van der Waals surface area contributed by atoms with Crippen molar-refractivity contribution in [1.29, 1.82) is 0 Å². The zero-order chi connectivity index (χ0) is 18.2. The van der Waals surface area contributed by atoms with Crippen molar-refractivity contribution in [2.75, 3.05) is 13.1 Å². The highest BCUT2D eigenvalue weighted by Crippen LogP contribution is 2.44. The minimum Gasteiger partial charge on any atom is -0.596 e. The van der Waals surface area contributed by atoms with Crippen molar-refractivity contribution in [2.45, 2.75) is 13.0 Å². The highest BCUT2D eigenvalue weighted by molar-refractivity contribution is 6.71. The maximum atomic E-state index is 12.3. The van der Waals surface area contributed by atoms with Crippen LogP contribution in [0.1, 0.15) is 24.1 Å². The zero-order valence-electron chi connectivity index (χ0n) is 14.6. The molecule has 6 heteroatoms. The van der Waals surface area contributed by atoms with Gasteiger partial charge in [0.15, 0.2) is 0 Å². The van der Waals surface area contributed by atoms with Crippen molar-refractivity contribution in [3.05, 3.63) is 77.8 Å². The molecule has 1 atom stereocenters. The van der Waals surface area contributed by atoms with Crippen molar-refractivity contribution >= 4 is 24.7 Å². The zero-order valence-corrected chi connectivity index (χ0v) is 14.6. The first-order valence-electron chi connectivity index (χ1n) is 8.79. The van der Waals surface area contributed by atoms with E-state index in [-0.39, 0.29) is 35.5 Å². The van der Waals surface area contributed by atoms with Gasteiger partial charge >= 0.3 is 18.6 Å². The Morgan fingerprint density at radius 2 is 1.46 bits per heavy atom. The Hall–Kier alpha value is -2.86. The number of fused-ring (bicyclic) bond motifs is 1. The molecule has 2 fully saturated rings. The van der Waals surface area contributed by atoms with Crippen molar-refractivity contribution < 1.29 is 23.3 Å². The third-order valence-corrected chi connectivity index (χ3v) is 5.55. The fraction of sp³-hybridized carbons (Fsp3) is 0.200. The third-order valence-electron chi connectivity index (χ3n) is 5.55. The Balaban J connectivity index is 1.78. The Morgan fingerprint density at radius 1 is 0.923 bits per heavy atom. The van der Waals surface area contributed by atoms with Gasteiger partial charge in [-0.3, -0.25) is 9.59 Å². The van der Waals surface area contributed by atoms with E-state index in [1.54, 1.807) is 5.98 Å². The first-order valence-corrected chi connectivity index (χ1v) is 8.79. The van der Waals surface area contributed by atoms with Crippen molar-refractivity contribution in [3.8, 4) is 0 Å². The molecule has 2 aromatic carbocycles. The first kappa shape index (κ1) is 16.6. The summed E-state index contributed by atoms with van der Waals surface area (Å²) in [5.41, 5.74) is 2.00. The summed E-state index contributed by atoms with van der Waals surface area (Å²) in [5.74, 6) is 1.10. The van der Waals surface area contributed by atoms with Gasteiger partial charge in [-0.15, -0.1) is 0 Å². The molecule has 2 aliphatic heterocycles. The number of benzene rings is 2. The average molecular weight is 349 g/mol. The summed E-state index contributed by atoms with van der Waals surface area (Å²) in [6.07, 6.45) is 1.86. The lowest BCUT2D eigenvalue weighted by molar-refractivity contribution is -0.844. The molecular weight excluding hydrogens is 329 g/mol. The molecular formula is C20H20BNO4. The average Bonchev–Trinajstić information content (AvgIpc) is 3.07. The number of carbonyl (C=O) groups excluding carboxylic acids is 2. The predicted octanol–water partition coefficient (Wildman–Crippen LogP) is 2.87. The quantitative estimate of drug-likeness (QED) is 0.797. The third kappa shape index (κ3) is 2.54. The second-order valence-corrected chi connectivity index (χ2v) is 6.98. The molecule has 5 nitrogen and oxygen atoms in total. The number of hydrogen-bond donors (Lipinski definition) is 0. The van der Waals surface area contributed by atoms with Gasteiger partial charge in [0.1, 0.15) is 13.1 Å². The molecule has 1 unspecified atom stereocenters. The monoisotopic (exact) mass is 349 g/mol. The number of hydrogen-bond acceptors (Lipinski definition) is 4. The Morgan fingerprint density at radius 3 is 2.04 bits per heavy atom. The number of nitrogens with zero attached hydrogens (tertiary/aromatic N) is 1. The van der Waals surface area contributed by atoms with E-state index in [0.717, 1.165) is 11.1 Å². The van der Waals surface area contributed by atoms with Crippen LogP contribution < -0.4 is 0 Å². The summed E-state index contributed by atoms with van der Waals surface area (Å²) in [6, 6.07) is 19.4. The van der Waals surface area contributed by atoms with Gasteiger partial charge in [0.25, 0.3) is 0 Å². The second kappa shape index (κ2) is 6.14. The molecule has 4 rings (SSSR count). The van der Waals surface area contributed by atoms with Gasteiger partial charge in [-0.05, 0) is 12.5 Å². The van der Waals surface area contributed by atoms with E-state index < -0.39 is 6.69 Å². The van der Waals surface area contributed by atoms with Crippen LogP contribution in [0.5, 0.6) is 0 Å². The van der Waals surface area contributed by atoms with E-state index in [2.05, 4.69) is 0 Å². The molecule has 0 aliphatic carbocycles. The number of quaternary nitrogens is 1. The summed E-state index contributed by atoms with van der Waals surface area (Å²) < 4.78 is 11.5. The van der Waals surface area contributed by atoms with Crippen LogP contribution in [0.2, 0.25) is 0 Å². The summed E-state index contributed by atoms with van der Waals surface area (Å²) in [6.45, 7) is 0.0316. The molecule has 0 amide bonds. The molecule has 0 spiro atoms.